The van der Waals surface area contributed by atoms with Crippen LogP contribution in [-0.4, -0.2) is 9.97 Å². The number of benzene rings is 2. The summed E-state index contributed by atoms with van der Waals surface area (Å²) in [5.74, 6) is 0.0632. The highest BCUT2D eigenvalue weighted by atomic mass is 19.1. The highest BCUT2D eigenvalue weighted by molar-refractivity contribution is 5.83. The first kappa shape index (κ1) is 11.8. The highest BCUT2D eigenvalue weighted by Gasteiger charge is 2.11. The molecule has 0 aliphatic heterocycles. The van der Waals surface area contributed by atoms with E-state index in [-0.39, 0.29) is 11.1 Å². The number of hydrogen-bond donors (Lipinski definition) is 2. The number of hydrogen-bond acceptors (Lipinski definition) is 3. The van der Waals surface area contributed by atoms with Gasteiger partial charge in [-0.3, -0.25) is 5.41 Å². The molecule has 0 aliphatic rings. The van der Waals surface area contributed by atoms with Crippen molar-refractivity contribution in [2.75, 3.05) is 0 Å². The standard InChI is InChI=1S/C16H10FN3O/c17-11-5-3-4-9-8-10(15(18)21-14(9)11)16-19-12-6-1-2-7-13(12)20-16/h1-8,18H,(H,19,20). The van der Waals surface area contributed by atoms with Crippen molar-refractivity contribution < 1.29 is 8.81 Å². The quantitative estimate of drug-likeness (QED) is 0.559. The first-order valence-electron chi connectivity index (χ1n) is 6.44. The Morgan fingerprint density at radius 2 is 1.95 bits per heavy atom. The van der Waals surface area contributed by atoms with Gasteiger partial charge in [-0.25, -0.2) is 9.37 Å². The molecule has 0 saturated heterocycles. The van der Waals surface area contributed by atoms with Gasteiger partial charge >= 0.3 is 0 Å². The van der Waals surface area contributed by atoms with E-state index in [1.54, 1.807) is 18.2 Å². The predicted molar refractivity (Wildman–Crippen MR) is 77.1 cm³/mol. The van der Waals surface area contributed by atoms with Crippen LogP contribution in [0.4, 0.5) is 4.39 Å². The molecule has 0 saturated carbocycles. The van der Waals surface area contributed by atoms with Crippen LogP contribution in [0.15, 0.2) is 52.9 Å². The normalized spacial score (nSPS) is 11.3. The van der Waals surface area contributed by atoms with Crippen molar-refractivity contribution in [3.05, 3.63) is 59.9 Å². The van der Waals surface area contributed by atoms with Crippen molar-refractivity contribution in [1.29, 1.82) is 5.41 Å². The second-order valence-corrected chi connectivity index (χ2v) is 4.75. The number of nitrogens with one attached hydrogen (secondary N) is 2. The molecule has 2 heterocycles. The van der Waals surface area contributed by atoms with Gasteiger partial charge < -0.3 is 9.40 Å². The van der Waals surface area contributed by atoms with Crippen LogP contribution in [0.5, 0.6) is 0 Å². The average molecular weight is 279 g/mol. The minimum atomic E-state index is -0.475. The number of nitrogens with zero attached hydrogens (tertiary/aromatic N) is 1. The van der Waals surface area contributed by atoms with E-state index in [2.05, 4.69) is 9.97 Å². The Labute approximate surface area is 118 Å². The lowest BCUT2D eigenvalue weighted by molar-refractivity contribution is 0.506. The molecular weight excluding hydrogens is 269 g/mol. The zero-order valence-corrected chi connectivity index (χ0v) is 10.9. The van der Waals surface area contributed by atoms with Crippen molar-refractivity contribution in [2.45, 2.75) is 0 Å². The first-order valence-corrected chi connectivity index (χ1v) is 6.44. The number of aromatic nitrogens is 2. The Hall–Kier alpha value is -2.95. The Morgan fingerprint density at radius 3 is 2.81 bits per heavy atom. The van der Waals surface area contributed by atoms with Crippen LogP contribution < -0.4 is 5.55 Å². The molecule has 0 fully saturated rings. The molecule has 0 radical (unpaired) electrons. The molecule has 0 spiro atoms. The number of imidazole rings is 1. The summed E-state index contributed by atoms with van der Waals surface area (Å²) in [4.78, 5) is 7.59. The summed E-state index contributed by atoms with van der Waals surface area (Å²) >= 11 is 0. The zero-order chi connectivity index (χ0) is 14.4. The van der Waals surface area contributed by atoms with Crippen LogP contribution >= 0.6 is 0 Å². The van der Waals surface area contributed by atoms with Gasteiger partial charge in [-0.05, 0) is 24.3 Å². The summed E-state index contributed by atoms with van der Waals surface area (Å²) < 4.78 is 19.0. The molecule has 21 heavy (non-hydrogen) atoms. The molecule has 4 aromatic rings. The molecule has 0 atom stereocenters. The van der Waals surface area contributed by atoms with E-state index in [1.165, 1.54) is 6.07 Å². The lowest BCUT2D eigenvalue weighted by atomic mass is 10.1. The number of halogens is 1. The number of aromatic amines is 1. The van der Waals surface area contributed by atoms with Gasteiger partial charge in [0.2, 0.25) is 5.55 Å². The zero-order valence-electron chi connectivity index (χ0n) is 10.9. The SMILES string of the molecule is N=c1oc2c(F)cccc2cc1-c1nc2ccccc2[nH]1. The molecular formula is C16H10FN3O. The molecule has 2 aromatic heterocycles. The summed E-state index contributed by atoms with van der Waals surface area (Å²) in [5, 5.41) is 8.57. The van der Waals surface area contributed by atoms with E-state index in [0.717, 1.165) is 11.0 Å². The molecule has 2 N–H and O–H groups in total. The lowest BCUT2D eigenvalue weighted by Crippen LogP contribution is -2.04. The predicted octanol–water partition coefficient (Wildman–Crippen LogP) is 3.59. The molecule has 2 aromatic carbocycles. The van der Waals surface area contributed by atoms with E-state index >= 15 is 0 Å². The van der Waals surface area contributed by atoms with Crippen molar-refractivity contribution in [1.82, 2.24) is 9.97 Å². The highest BCUT2D eigenvalue weighted by Crippen LogP contribution is 2.22. The van der Waals surface area contributed by atoms with Crippen molar-refractivity contribution >= 4 is 22.0 Å². The van der Waals surface area contributed by atoms with Crippen molar-refractivity contribution in [2.24, 2.45) is 0 Å². The summed E-state index contributed by atoms with van der Waals surface area (Å²) in [6.45, 7) is 0. The Kier molecular flexibility index (Phi) is 2.41. The first-order chi connectivity index (χ1) is 10.2. The van der Waals surface area contributed by atoms with Crippen LogP contribution in [-0.2, 0) is 0 Å². The largest absolute Gasteiger partial charge is 0.435 e. The van der Waals surface area contributed by atoms with Gasteiger partial charge in [-0.1, -0.05) is 24.3 Å². The third kappa shape index (κ3) is 1.82. The maximum Gasteiger partial charge on any atom is 0.223 e. The second kappa shape index (κ2) is 4.28. The number of para-hydroxylation sites is 3. The second-order valence-electron chi connectivity index (χ2n) is 4.75. The van der Waals surface area contributed by atoms with Gasteiger partial charge in [0.1, 0.15) is 5.82 Å². The Morgan fingerprint density at radius 1 is 1.10 bits per heavy atom. The monoisotopic (exact) mass is 279 g/mol. The van der Waals surface area contributed by atoms with Gasteiger partial charge in [-0.2, -0.15) is 0 Å². The van der Waals surface area contributed by atoms with Gasteiger partial charge in [0, 0.05) is 5.39 Å². The van der Waals surface area contributed by atoms with Crippen LogP contribution in [0, 0.1) is 11.2 Å². The lowest BCUT2D eigenvalue weighted by Gasteiger charge is -2.01. The van der Waals surface area contributed by atoms with Crippen LogP contribution in [0.3, 0.4) is 0 Å². The molecule has 0 amide bonds. The molecule has 0 aliphatic carbocycles. The smallest absolute Gasteiger partial charge is 0.223 e. The summed E-state index contributed by atoms with van der Waals surface area (Å²) in [5.41, 5.74) is 2.16. The van der Waals surface area contributed by atoms with E-state index in [4.69, 9.17) is 9.83 Å². The molecule has 0 bridgehead atoms. The summed E-state index contributed by atoms with van der Waals surface area (Å²) in [6.07, 6.45) is 0. The minimum absolute atomic E-state index is 0.0855. The third-order valence-corrected chi connectivity index (χ3v) is 3.39. The fraction of sp³-hybridized carbons (Fsp3) is 0. The van der Waals surface area contributed by atoms with Crippen LogP contribution in [0.2, 0.25) is 0 Å². The molecule has 102 valence electrons. The molecule has 4 rings (SSSR count). The van der Waals surface area contributed by atoms with E-state index in [1.807, 2.05) is 24.3 Å². The summed E-state index contributed by atoms with van der Waals surface area (Å²) in [7, 11) is 0. The van der Waals surface area contributed by atoms with E-state index < -0.39 is 5.82 Å². The maximum atomic E-state index is 13.7. The van der Waals surface area contributed by atoms with Gasteiger partial charge in [0.05, 0.1) is 16.6 Å². The Balaban J connectivity index is 2.01. The number of rotatable bonds is 1. The van der Waals surface area contributed by atoms with Gasteiger partial charge in [0.15, 0.2) is 11.4 Å². The molecule has 5 heteroatoms. The summed E-state index contributed by atoms with van der Waals surface area (Å²) in [6, 6.07) is 14.0. The minimum Gasteiger partial charge on any atom is -0.435 e. The fourth-order valence-electron chi connectivity index (χ4n) is 2.38. The molecule has 4 nitrogen and oxygen atoms in total. The third-order valence-electron chi connectivity index (χ3n) is 3.39. The van der Waals surface area contributed by atoms with Crippen molar-refractivity contribution in [3.63, 3.8) is 0 Å². The van der Waals surface area contributed by atoms with E-state index in [0.29, 0.717) is 16.8 Å². The Bertz CT molecular complexity index is 999. The number of fused-ring (bicyclic) bond motifs is 2. The van der Waals surface area contributed by atoms with Crippen LogP contribution in [0.25, 0.3) is 33.4 Å². The average Bonchev–Trinajstić information content (AvgIpc) is 2.91. The number of H-pyrrole nitrogens is 1. The topological polar surface area (TPSA) is 65.7 Å². The maximum absolute atomic E-state index is 13.7. The van der Waals surface area contributed by atoms with Crippen molar-refractivity contribution in [3.8, 4) is 11.4 Å². The molecule has 0 unspecified atom stereocenters. The fourth-order valence-corrected chi connectivity index (χ4v) is 2.38. The van der Waals surface area contributed by atoms with Gasteiger partial charge in [0.25, 0.3) is 0 Å². The van der Waals surface area contributed by atoms with E-state index in [9.17, 15) is 4.39 Å². The van der Waals surface area contributed by atoms with Gasteiger partial charge in [-0.15, -0.1) is 0 Å². The van der Waals surface area contributed by atoms with Crippen LogP contribution in [0.1, 0.15) is 0 Å².